The van der Waals surface area contributed by atoms with Crippen LogP contribution in [0.3, 0.4) is 0 Å². The van der Waals surface area contributed by atoms with Crippen LogP contribution in [0.25, 0.3) is 11.4 Å². The van der Waals surface area contributed by atoms with Gasteiger partial charge in [-0.25, -0.2) is 22.1 Å². The van der Waals surface area contributed by atoms with Gasteiger partial charge in [-0.1, -0.05) is 0 Å². The fourth-order valence-electron chi connectivity index (χ4n) is 3.07. The number of carboxylic acid groups (broad SMARTS) is 1. The van der Waals surface area contributed by atoms with Crippen LogP contribution in [0.15, 0.2) is 30.6 Å². The van der Waals surface area contributed by atoms with Crippen LogP contribution in [0.2, 0.25) is 0 Å². The molecule has 0 radical (unpaired) electrons. The van der Waals surface area contributed by atoms with Crippen molar-refractivity contribution in [2.24, 2.45) is 5.92 Å². The minimum Gasteiger partial charge on any atom is -0.497 e. The van der Waals surface area contributed by atoms with Gasteiger partial charge in [0, 0.05) is 32.4 Å². The van der Waals surface area contributed by atoms with Gasteiger partial charge in [0.15, 0.2) is 0 Å². The minimum absolute atomic E-state index is 0.0388. The highest BCUT2D eigenvalue weighted by atomic mass is 32.2. The largest absolute Gasteiger partial charge is 0.497 e. The average molecular weight is 429 g/mol. The van der Waals surface area contributed by atoms with Gasteiger partial charge in [0.2, 0.25) is 10.0 Å². The normalized spacial score (nSPS) is 18.9. The first kappa shape index (κ1) is 22.8. The van der Waals surface area contributed by atoms with E-state index < -0.39 is 15.8 Å². The monoisotopic (exact) mass is 429 g/mol. The first-order valence-electron chi connectivity index (χ1n) is 8.67. The molecule has 1 aliphatic rings. The Morgan fingerprint density at radius 3 is 2.72 bits per heavy atom. The number of hydrogen-bond acceptors (Lipinski definition) is 6. The smallest absolute Gasteiger partial charge is 0.290 e. The van der Waals surface area contributed by atoms with Crippen molar-refractivity contribution in [3.63, 3.8) is 0 Å². The average Bonchev–Trinajstić information content (AvgIpc) is 3.31. The predicted octanol–water partition coefficient (Wildman–Crippen LogP) is 1.48. The summed E-state index contributed by atoms with van der Waals surface area (Å²) in [5.74, 6) is 0.233. The van der Waals surface area contributed by atoms with Crippen molar-refractivity contribution in [3.05, 3.63) is 36.4 Å². The lowest BCUT2D eigenvalue weighted by Crippen LogP contribution is -2.32. The lowest BCUT2D eigenvalue weighted by atomic mass is 10.1. The Bertz CT molecular complexity index is 931. The molecule has 1 aliphatic heterocycles. The van der Waals surface area contributed by atoms with E-state index in [9.17, 15) is 12.8 Å². The van der Waals surface area contributed by atoms with Crippen molar-refractivity contribution in [2.45, 2.75) is 6.04 Å². The van der Waals surface area contributed by atoms with E-state index in [-0.39, 0.29) is 24.2 Å². The van der Waals surface area contributed by atoms with Gasteiger partial charge in [-0.2, -0.15) is 0 Å². The maximum Gasteiger partial charge on any atom is 0.290 e. The molecule has 2 atom stereocenters. The second-order valence-corrected chi connectivity index (χ2v) is 8.76. The maximum atomic E-state index is 14.4. The molecule has 0 spiro atoms. The molecule has 1 fully saturated rings. The lowest BCUT2D eigenvalue weighted by Gasteiger charge is -2.22. The van der Waals surface area contributed by atoms with Gasteiger partial charge in [0.05, 0.1) is 37.7 Å². The van der Waals surface area contributed by atoms with Gasteiger partial charge in [0.25, 0.3) is 6.47 Å². The topological polar surface area (TPSA) is 111 Å². The number of benzene rings is 1. The Labute approximate surface area is 168 Å². The summed E-state index contributed by atoms with van der Waals surface area (Å²) in [5.41, 5.74) is 0.301. The van der Waals surface area contributed by atoms with Crippen LogP contribution in [-0.4, -0.2) is 74.0 Å². The van der Waals surface area contributed by atoms with Crippen molar-refractivity contribution in [1.29, 1.82) is 0 Å². The molecular weight excluding hydrogens is 405 g/mol. The van der Waals surface area contributed by atoms with Crippen LogP contribution in [0.1, 0.15) is 6.04 Å². The van der Waals surface area contributed by atoms with E-state index in [0.29, 0.717) is 30.4 Å². The molecule has 0 unspecified atom stereocenters. The van der Waals surface area contributed by atoms with E-state index >= 15 is 0 Å². The Morgan fingerprint density at radius 1 is 1.41 bits per heavy atom. The molecule has 1 saturated heterocycles. The van der Waals surface area contributed by atoms with Crippen LogP contribution in [0.5, 0.6) is 5.75 Å². The molecular formula is C18H24FN3O6S. The van der Waals surface area contributed by atoms with Crippen molar-refractivity contribution in [1.82, 2.24) is 13.9 Å². The van der Waals surface area contributed by atoms with E-state index in [0.717, 1.165) is 0 Å². The third-order valence-corrected chi connectivity index (χ3v) is 6.55. The van der Waals surface area contributed by atoms with Gasteiger partial charge >= 0.3 is 0 Å². The Hall–Kier alpha value is -2.50. The predicted molar refractivity (Wildman–Crippen MR) is 104 cm³/mol. The fourth-order valence-corrected chi connectivity index (χ4v) is 4.22. The second-order valence-electron chi connectivity index (χ2n) is 6.54. The number of nitrogens with zero attached hydrogens (tertiary/aromatic N) is 3. The summed E-state index contributed by atoms with van der Waals surface area (Å²) >= 11 is 0. The zero-order valence-electron chi connectivity index (χ0n) is 16.4. The Kier molecular flexibility index (Phi) is 7.71. The van der Waals surface area contributed by atoms with Crippen LogP contribution in [-0.2, 0) is 19.6 Å². The third kappa shape index (κ3) is 5.31. The van der Waals surface area contributed by atoms with E-state index in [1.807, 2.05) is 0 Å². The van der Waals surface area contributed by atoms with Crippen LogP contribution < -0.4 is 4.74 Å². The summed E-state index contributed by atoms with van der Waals surface area (Å²) in [6.45, 7) is 0.429. The molecule has 160 valence electrons. The SMILES string of the molecule is COc1ccc(F)c(-c2nccn2[C@@H]2COC[C@H]2CS(=O)(=O)N(C)C)c1.O=CO. The number of halogens is 1. The van der Waals surface area contributed by atoms with Gasteiger partial charge in [-0.05, 0) is 18.2 Å². The Morgan fingerprint density at radius 2 is 2.10 bits per heavy atom. The molecule has 2 aromatic rings. The molecule has 3 rings (SSSR count). The molecule has 0 aliphatic carbocycles. The highest BCUT2D eigenvalue weighted by Crippen LogP contribution is 2.33. The molecule has 9 nitrogen and oxygen atoms in total. The molecule has 2 heterocycles. The second kappa shape index (κ2) is 9.81. The van der Waals surface area contributed by atoms with Crippen LogP contribution in [0.4, 0.5) is 4.39 Å². The summed E-state index contributed by atoms with van der Waals surface area (Å²) < 4.78 is 52.6. The number of rotatable bonds is 6. The number of ether oxygens (including phenoxy) is 2. The third-order valence-electron chi connectivity index (χ3n) is 4.59. The summed E-state index contributed by atoms with van der Waals surface area (Å²) in [5, 5.41) is 6.89. The van der Waals surface area contributed by atoms with E-state index in [1.165, 1.54) is 37.6 Å². The molecule has 1 aromatic heterocycles. The van der Waals surface area contributed by atoms with Crippen molar-refractivity contribution >= 4 is 16.5 Å². The highest BCUT2D eigenvalue weighted by molar-refractivity contribution is 7.89. The number of carbonyl (C=O) groups is 1. The van der Waals surface area contributed by atoms with Crippen molar-refractivity contribution in [2.75, 3.05) is 40.2 Å². The standard InChI is InChI=1S/C17H22FN3O4S.CH2O2/c1-20(2)26(22,23)11-12-9-25-10-16(12)21-7-6-19-17(21)14-8-13(24-3)4-5-15(14)18;2-1-3/h4-8,12,16H,9-11H2,1-3H3;1H,(H,2,3)/t12-,16+;/m0./s1. The molecule has 1 aromatic carbocycles. The maximum absolute atomic E-state index is 14.4. The van der Waals surface area contributed by atoms with E-state index in [4.69, 9.17) is 19.4 Å². The van der Waals surface area contributed by atoms with Gasteiger partial charge in [-0.3, -0.25) is 4.79 Å². The molecule has 1 N–H and O–H groups in total. The number of methoxy groups -OCH3 is 1. The molecule has 29 heavy (non-hydrogen) atoms. The fraction of sp³-hybridized carbons (Fsp3) is 0.444. The first-order valence-corrected chi connectivity index (χ1v) is 10.3. The number of sulfonamides is 1. The quantitative estimate of drug-likeness (QED) is 0.693. The van der Waals surface area contributed by atoms with Crippen LogP contribution in [0, 0.1) is 11.7 Å². The summed E-state index contributed by atoms with van der Waals surface area (Å²) in [4.78, 5) is 12.6. The lowest BCUT2D eigenvalue weighted by molar-refractivity contribution is -0.122. The molecule has 11 heteroatoms. The number of aromatic nitrogens is 2. The number of hydrogen-bond donors (Lipinski definition) is 1. The molecule has 0 saturated carbocycles. The Balaban J connectivity index is 0.000000941. The van der Waals surface area contributed by atoms with Crippen molar-refractivity contribution in [3.8, 4) is 17.1 Å². The summed E-state index contributed by atoms with van der Waals surface area (Å²) in [6, 6.07) is 4.20. The van der Waals surface area contributed by atoms with Crippen LogP contribution >= 0.6 is 0 Å². The number of imidazole rings is 1. The van der Waals surface area contributed by atoms with Gasteiger partial charge in [-0.15, -0.1) is 0 Å². The zero-order valence-corrected chi connectivity index (χ0v) is 17.2. The molecule has 0 bridgehead atoms. The summed E-state index contributed by atoms with van der Waals surface area (Å²) in [6.07, 6.45) is 3.30. The van der Waals surface area contributed by atoms with E-state index in [2.05, 4.69) is 4.98 Å². The van der Waals surface area contributed by atoms with E-state index in [1.54, 1.807) is 23.0 Å². The summed E-state index contributed by atoms with van der Waals surface area (Å²) in [7, 11) is 1.15. The van der Waals surface area contributed by atoms with Gasteiger partial charge in [0.1, 0.15) is 17.4 Å². The zero-order chi connectivity index (χ0) is 21.6. The highest BCUT2D eigenvalue weighted by Gasteiger charge is 2.35. The van der Waals surface area contributed by atoms with Crippen molar-refractivity contribution < 1.29 is 32.2 Å². The van der Waals surface area contributed by atoms with Gasteiger partial charge < -0.3 is 19.1 Å². The minimum atomic E-state index is -3.38. The molecule has 0 amide bonds. The first-order chi connectivity index (χ1) is 13.7.